The molecule has 0 saturated carbocycles. The summed E-state index contributed by atoms with van der Waals surface area (Å²) in [4.78, 5) is 13.2. The Kier molecular flexibility index (Phi) is 7.90. The average Bonchev–Trinajstić information content (AvgIpc) is 2.15. The lowest BCUT2D eigenvalue weighted by atomic mass is 10.1. The number of carbonyl (C=O) groups excluding carboxylic acids is 1. The molecular weight excluding hydrogens is 202 g/mol. The minimum absolute atomic E-state index is 0.339. The Labute approximate surface area is 99.5 Å². The fourth-order valence-corrected chi connectivity index (χ4v) is 1.62. The summed E-state index contributed by atoms with van der Waals surface area (Å²) in [5.41, 5.74) is 0. The third-order valence-electron chi connectivity index (χ3n) is 2.07. The first-order valence-corrected chi connectivity index (χ1v) is 5.97. The molecule has 0 rings (SSSR count). The molecule has 0 saturated heterocycles. The van der Waals surface area contributed by atoms with Crippen molar-refractivity contribution in [3.05, 3.63) is 12.7 Å². The first-order chi connectivity index (χ1) is 7.45. The van der Waals surface area contributed by atoms with Gasteiger partial charge in [0.1, 0.15) is 6.61 Å². The molecule has 0 aromatic carbocycles. The second kappa shape index (κ2) is 8.34. The van der Waals surface area contributed by atoms with Gasteiger partial charge in [-0.05, 0) is 11.8 Å². The van der Waals surface area contributed by atoms with Gasteiger partial charge < -0.3 is 4.74 Å². The molecule has 0 radical (unpaired) electrons. The van der Waals surface area contributed by atoms with E-state index in [9.17, 15) is 4.79 Å². The molecule has 0 aliphatic heterocycles. The van der Waals surface area contributed by atoms with E-state index in [2.05, 4.69) is 39.2 Å². The number of carbonyl (C=O) groups is 1. The first-order valence-electron chi connectivity index (χ1n) is 5.97. The largest absolute Gasteiger partial charge is 0.461 e. The molecule has 3 heteroatoms. The van der Waals surface area contributed by atoms with Gasteiger partial charge in [-0.25, -0.2) is 4.79 Å². The van der Waals surface area contributed by atoms with Crippen LogP contribution in [0, 0.1) is 11.8 Å². The molecule has 0 fully saturated rings. The smallest absolute Gasteiger partial charge is 0.330 e. The number of esters is 1. The van der Waals surface area contributed by atoms with E-state index < -0.39 is 0 Å². The summed E-state index contributed by atoms with van der Waals surface area (Å²) in [7, 11) is 0. The zero-order chi connectivity index (χ0) is 12.6. The number of hydrogen-bond acceptors (Lipinski definition) is 3. The second-order valence-electron chi connectivity index (χ2n) is 4.92. The fraction of sp³-hybridized carbons (Fsp3) is 0.769. The summed E-state index contributed by atoms with van der Waals surface area (Å²) < 4.78 is 4.99. The summed E-state index contributed by atoms with van der Waals surface area (Å²) in [6, 6.07) is 0. The molecule has 0 unspecified atom stereocenters. The van der Waals surface area contributed by atoms with Crippen LogP contribution in [0.25, 0.3) is 0 Å². The number of nitrogens with zero attached hydrogens (tertiary/aromatic N) is 1. The van der Waals surface area contributed by atoms with Gasteiger partial charge in [0.05, 0.1) is 0 Å². The van der Waals surface area contributed by atoms with Crippen molar-refractivity contribution in [3.63, 3.8) is 0 Å². The molecule has 0 heterocycles. The minimum Gasteiger partial charge on any atom is -0.461 e. The molecule has 0 spiro atoms. The maximum Gasteiger partial charge on any atom is 0.330 e. The maximum atomic E-state index is 10.9. The van der Waals surface area contributed by atoms with Crippen molar-refractivity contribution in [3.8, 4) is 0 Å². The monoisotopic (exact) mass is 227 g/mol. The van der Waals surface area contributed by atoms with Gasteiger partial charge >= 0.3 is 5.97 Å². The summed E-state index contributed by atoms with van der Waals surface area (Å²) in [5, 5.41) is 0. The molecule has 0 aliphatic carbocycles. The fourth-order valence-electron chi connectivity index (χ4n) is 1.62. The summed E-state index contributed by atoms with van der Waals surface area (Å²) in [6.45, 7) is 15.5. The lowest BCUT2D eigenvalue weighted by molar-refractivity contribution is -0.138. The highest BCUT2D eigenvalue weighted by atomic mass is 16.5. The van der Waals surface area contributed by atoms with Crippen molar-refractivity contribution in [1.82, 2.24) is 4.90 Å². The zero-order valence-corrected chi connectivity index (χ0v) is 11.0. The molecule has 16 heavy (non-hydrogen) atoms. The molecule has 3 nitrogen and oxygen atoms in total. The highest BCUT2D eigenvalue weighted by Gasteiger charge is 2.09. The van der Waals surface area contributed by atoms with Crippen LogP contribution in [-0.2, 0) is 9.53 Å². The van der Waals surface area contributed by atoms with Gasteiger partial charge in [-0.3, -0.25) is 4.90 Å². The van der Waals surface area contributed by atoms with Crippen LogP contribution >= 0.6 is 0 Å². The van der Waals surface area contributed by atoms with E-state index in [1.54, 1.807) is 0 Å². The summed E-state index contributed by atoms with van der Waals surface area (Å²) in [5.74, 6) is 0.928. The van der Waals surface area contributed by atoms with E-state index in [1.807, 2.05) is 0 Å². The van der Waals surface area contributed by atoms with Gasteiger partial charge in [0.15, 0.2) is 0 Å². The van der Waals surface area contributed by atoms with E-state index in [1.165, 1.54) is 6.08 Å². The Hall–Kier alpha value is -0.830. The SMILES string of the molecule is C=CC(=O)OCCN(CC(C)C)CC(C)C. The van der Waals surface area contributed by atoms with E-state index in [-0.39, 0.29) is 5.97 Å². The quantitative estimate of drug-likeness (QED) is 0.471. The Morgan fingerprint density at radius 1 is 1.25 bits per heavy atom. The normalized spacial score (nSPS) is 11.2. The van der Waals surface area contributed by atoms with E-state index >= 15 is 0 Å². The Morgan fingerprint density at radius 3 is 2.12 bits per heavy atom. The summed E-state index contributed by atoms with van der Waals surface area (Å²) >= 11 is 0. The van der Waals surface area contributed by atoms with Crippen LogP contribution in [-0.4, -0.2) is 37.1 Å². The van der Waals surface area contributed by atoms with Gasteiger partial charge in [-0.1, -0.05) is 34.3 Å². The number of ether oxygens (including phenoxy) is 1. The van der Waals surface area contributed by atoms with Crippen molar-refractivity contribution in [1.29, 1.82) is 0 Å². The average molecular weight is 227 g/mol. The third-order valence-corrected chi connectivity index (χ3v) is 2.07. The van der Waals surface area contributed by atoms with E-state index in [4.69, 9.17) is 4.74 Å². The predicted octanol–water partition coefficient (Wildman–Crippen LogP) is 2.33. The number of hydrogen-bond donors (Lipinski definition) is 0. The van der Waals surface area contributed by atoms with Crippen molar-refractivity contribution in [2.75, 3.05) is 26.2 Å². The molecule has 0 atom stereocenters. The van der Waals surface area contributed by atoms with Gasteiger partial charge in [-0.2, -0.15) is 0 Å². The Balaban J connectivity index is 3.91. The third kappa shape index (κ3) is 8.48. The molecule has 0 bridgehead atoms. The van der Waals surface area contributed by atoms with E-state index in [0.717, 1.165) is 19.6 Å². The number of rotatable bonds is 8. The van der Waals surface area contributed by atoms with Crippen LogP contribution in [0.1, 0.15) is 27.7 Å². The zero-order valence-electron chi connectivity index (χ0n) is 11.0. The molecule has 0 aromatic rings. The van der Waals surface area contributed by atoms with Crippen LogP contribution in [0.5, 0.6) is 0 Å². The maximum absolute atomic E-state index is 10.9. The Bertz CT molecular complexity index is 202. The van der Waals surface area contributed by atoms with Crippen molar-refractivity contribution in [2.24, 2.45) is 11.8 Å². The topological polar surface area (TPSA) is 29.5 Å². The molecule has 0 aliphatic rings. The van der Waals surface area contributed by atoms with Gasteiger partial charge in [0.25, 0.3) is 0 Å². The minimum atomic E-state index is -0.339. The lowest BCUT2D eigenvalue weighted by Gasteiger charge is -2.25. The Morgan fingerprint density at radius 2 is 1.75 bits per heavy atom. The standard InChI is InChI=1S/C13H25NO2/c1-6-13(15)16-8-7-14(9-11(2)3)10-12(4)5/h6,11-12H,1,7-10H2,2-5H3. The van der Waals surface area contributed by atoms with Crippen LogP contribution in [0.4, 0.5) is 0 Å². The molecular formula is C13H25NO2. The van der Waals surface area contributed by atoms with Crippen LogP contribution < -0.4 is 0 Å². The van der Waals surface area contributed by atoms with Crippen LogP contribution in [0.3, 0.4) is 0 Å². The van der Waals surface area contributed by atoms with Crippen molar-refractivity contribution >= 4 is 5.97 Å². The van der Waals surface area contributed by atoms with Gasteiger partial charge in [0.2, 0.25) is 0 Å². The van der Waals surface area contributed by atoms with Gasteiger partial charge in [0, 0.05) is 25.7 Å². The van der Waals surface area contributed by atoms with E-state index in [0.29, 0.717) is 18.4 Å². The molecule has 0 amide bonds. The second-order valence-corrected chi connectivity index (χ2v) is 4.92. The molecule has 0 aromatic heterocycles. The molecule has 94 valence electrons. The highest BCUT2D eigenvalue weighted by molar-refractivity contribution is 5.81. The van der Waals surface area contributed by atoms with Gasteiger partial charge in [-0.15, -0.1) is 0 Å². The van der Waals surface area contributed by atoms with Crippen molar-refractivity contribution in [2.45, 2.75) is 27.7 Å². The summed E-state index contributed by atoms with van der Waals surface area (Å²) in [6.07, 6.45) is 1.20. The van der Waals surface area contributed by atoms with Crippen LogP contribution in [0.2, 0.25) is 0 Å². The molecule has 0 N–H and O–H groups in total. The van der Waals surface area contributed by atoms with Crippen LogP contribution in [0.15, 0.2) is 12.7 Å². The lowest BCUT2D eigenvalue weighted by Crippen LogP contribution is -2.34. The highest BCUT2D eigenvalue weighted by Crippen LogP contribution is 2.03. The first kappa shape index (κ1) is 15.2. The predicted molar refractivity (Wildman–Crippen MR) is 67.3 cm³/mol. The van der Waals surface area contributed by atoms with Crippen molar-refractivity contribution < 1.29 is 9.53 Å².